The summed E-state index contributed by atoms with van der Waals surface area (Å²) in [5, 5.41) is 5.25. The molecule has 2 aromatic rings. The molecule has 0 spiro atoms. The van der Waals surface area contributed by atoms with Gasteiger partial charge in [0.2, 0.25) is 0 Å². The van der Waals surface area contributed by atoms with E-state index in [1.165, 1.54) is 10.4 Å². The van der Waals surface area contributed by atoms with Gasteiger partial charge in [0, 0.05) is 24.2 Å². The van der Waals surface area contributed by atoms with E-state index in [1.807, 2.05) is 37.1 Å². The molecule has 0 radical (unpaired) electrons. The molecule has 1 aromatic carbocycles. The van der Waals surface area contributed by atoms with Gasteiger partial charge in [-0.3, -0.25) is 4.79 Å². The van der Waals surface area contributed by atoms with Crippen LogP contribution < -0.4 is 5.32 Å². The number of amides is 1. The van der Waals surface area contributed by atoms with Gasteiger partial charge in [-0.25, -0.2) is 0 Å². The van der Waals surface area contributed by atoms with Crippen molar-refractivity contribution in [2.45, 2.75) is 26.3 Å². The fourth-order valence-electron chi connectivity index (χ4n) is 2.99. The zero-order valence-corrected chi connectivity index (χ0v) is 13.5. The molecule has 0 aliphatic carbocycles. The summed E-state index contributed by atoms with van der Waals surface area (Å²) in [6, 6.07) is 8.29. The first kappa shape index (κ1) is 14.1. The molecule has 0 saturated carbocycles. The standard InChI is InChI=1S/C17H20N2OS/c1-11-4-5-15(18-3)14(10-11)17(20)19-8-6-16-13(12(19)2)7-9-21-16/h4-5,7,9-10,12,18H,6,8H2,1-3H3. The van der Waals surface area contributed by atoms with Crippen molar-refractivity contribution in [2.24, 2.45) is 0 Å². The van der Waals surface area contributed by atoms with Crippen LogP contribution in [0, 0.1) is 6.92 Å². The number of rotatable bonds is 2. The molecule has 0 bridgehead atoms. The molecule has 1 aliphatic rings. The highest BCUT2D eigenvalue weighted by Gasteiger charge is 2.29. The summed E-state index contributed by atoms with van der Waals surface area (Å²) in [5.74, 6) is 0.118. The summed E-state index contributed by atoms with van der Waals surface area (Å²) in [5.41, 5.74) is 4.08. The Morgan fingerprint density at radius 3 is 2.95 bits per heavy atom. The largest absolute Gasteiger partial charge is 0.387 e. The van der Waals surface area contributed by atoms with Crippen LogP contribution >= 0.6 is 11.3 Å². The predicted molar refractivity (Wildman–Crippen MR) is 88.2 cm³/mol. The number of benzene rings is 1. The molecule has 4 heteroatoms. The molecule has 1 unspecified atom stereocenters. The first-order chi connectivity index (χ1) is 10.1. The number of nitrogens with zero attached hydrogens (tertiary/aromatic N) is 1. The zero-order valence-electron chi connectivity index (χ0n) is 12.6. The molecule has 1 N–H and O–H groups in total. The Hall–Kier alpha value is -1.81. The average Bonchev–Trinajstić information content (AvgIpc) is 2.96. The van der Waals surface area contributed by atoms with Crippen LogP contribution in [-0.4, -0.2) is 24.4 Å². The Balaban J connectivity index is 1.95. The molecule has 1 aromatic heterocycles. The van der Waals surface area contributed by atoms with Gasteiger partial charge in [-0.1, -0.05) is 11.6 Å². The zero-order chi connectivity index (χ0) is 15.0. The van der Waals surface area contributed by atoms with E-state index in [1.54, 1.807) is 11.3 Å². The molecule has 3 rings (SSSR count). The summed E-state index contributed by atoms with van der Waals surface area (Å²) >= 11 is 1.80. The van der Waals surface area contributed by atoms with Gasteiger partial charge in [0.15, 0.2) is 0 Å². The fourth-order valence-corrected chi connectivity index (χ4v) is 3.96. The van der Waals surface area contributed by atoms with Gasteiger partial charge >= 0.3 is 0 Å². The van der Waals surface area contributed by atoms with Crippen molar-refractivity contribution in [3.05, 3.63) is 51.2 Å². The van der Waals surface area contributed by atoms with E-state index in [0.29, 0.717) is 0 Å². The topological polar surface area (TPSA) is 32.3 Å². The van der Waals surface area contributed by atoms with Crippen molar-refractivity contribution in [1.82, 2.24) is 4.90 Å². The lowest BCUT2D eigenvalue weighted by Gasteiger charge is -2.34. The van der Waals surface area contributed by atoms with E-state index in [0.717, 1.165) is 29.8 Å². The molecule has 110 valence electrons. The van der Waals surface area contributed by atoms with Crippen LogP contribution in [0.5, 0.6) is 0 Å². The molecule has 0 saturated heterocycles. The number of hydrogen-bond acceptors (Lipinski definition) is 3. The predicted octanol–water partition coefficient (Wildman–Crippen LogP) is 3.86. The number of aryl methyl sites for hydroxylation is 1. The van der Waals surface area contributed by atoms with Crippen LogP contribution in [0.1, 0.15) is 39.3 Å². The number of carbonyl (C=O) groups excluding carboxylic acids is 1. The van der Waals surface area contributed by atoms with E-state index >= 15 is 0 Å². The third kappa shape index (κ3) is 2.44. The van der Waals surface area contributed by atoms with Crippen LogP contribution in [0.25, 0.3) is 0 Å². The quantitative estimate of drug-likeness (QED) is 0.913. The van der Waals surface area contributed by atoms with Gasteiger partial charge in [-0.2, -0.15) is 0 Å². The van der Waals surface area contributed by atoms with Crippen molar-refractivity contribution in [3.8, 4) is 0 Å². The lowest BCUT2D eigenvalue weighted by atomic mass is 9.99. The maximum atomic E-state index is 13.0. The summed E-state index contributed by atoms with van der Waals surface area (Å²) in [6.07, 6.45) is 0.962. The van der Waals surface area contributed by atoms with E-state index < -0.39 is 0 Å². The van der Waals surface area contributed by atoms with E-state index in [9.17, 15) is 4.79 Å². The monoisotopic (exact) mass is 300 g/mol. The number of nitrogens with one attached hydrogen (secondary N) is 1. The Morgan fingerprint density at radius 2 is 2.19 bits per heavy atom. The van der Waals surface area contributed by atoms with Crippen LogP contribution in [0.2, 0.25) is 0 Å². The SMILES string of the molecule is CNc1ccc(C)cc1C(=O)N1CCc2sccc2C1C. The van der Waals surface area contributed by atoms with Crippen molar-refractivity contribution < 1.29 is 4.79 Å². The van der Waals surface area contributed by atoms with Crippen LogP contribution in [0.4, 0.5) is 5.69 Å². The second-order valence-electron chi connectivity index (χ2n) is 5.52. The Labute approximate surface area is 129 Å². The highest BCUT2D eigenvalue weighted by Crippen LogP contribution is 2.34. The summed E-state index contributed by atoms with van der Waals surface area (Å²) < 4.78 is 0. The third-order valence-electron chi connectivity index (χ3n) is 4.21. The van der Waals surface area contributed by atoms with Gasteiger partial charge in [-0.15, -0.1) is 11.3 Å². The molecular weight excluding hydrogens is 280 g/mol. The Morgan fingerprint density at radius 1 is 1.38 bits per heavy atom. The molecule has 1 aliphatic heterocycles. The summed E-state index contributed by atoms with van der Waals surface area (Å²) in [6.45, 7) is 4.94. The third-order valence-corrected chi connectivity index (χ3v) is 5.21. The van der Waals surface area contributed by atoms with E-state index in [4.69, 9.17) is 0 Å². The van der Waals surface area contributed by atoms with E-state index in [-0.39, 0.29) is 11.9 Å². The highest BCUT2D eigenvalue weighted by molar-refractivity contribution is 7.10. The fraction of sp³-hybridized carbons (Fsp3) is 0.353. The van der Waals surface area contributed by atoms with Gasteiger partial charge in [0.1, 0.15) is 0 Å². The van der Waals surface area contributed by atoms with Crippen LogP contribution in [-0.2, 0) is 6.42 Å². The molecule has 3 nitrogen and oxygen atoms in total. The van der Waals surface area contributed by atoms with Crippen molar-refractivity contribution in [1.29, 1.82) is 0 Å². The maximum absolute atomic E-state index is 13.0. The minimum Gasteiger partial charge on any atom is -0.387 e. The highest BCUT2D eigenvalue weighted by atomic mass is 32.1. The lowest BCUT2D eigenvalue weighted by molar-refractivity contribution is 0.0680. The summed E-state index contributed by atoms with van der Waals surface area (Å²) in [4.78, 5) is 16.4. The molecule has 21 heavy (non-hydrogen) atoms. The van der Waals surface area contributed by atoms with Gasteiger partial charge in [0.05, 0.1) is 11.6 Å². The first-order valence-electron chi connectivity index (χ1n) is 7.27. The number of hydrogen-bond donors (Lipinski definition) is 1. The minimum absolute atomic E-state index is 0.118. The number of anilines is 1. The smallest absolute Gasteiger partial charge is 0.256 e. The minimum atomic E-state index is 0.118. The number of fused-ring (bicyclic) bond motifs is 1. The Bertz CT molecular complexity index is 677. The van der Waals surface area contributed by atoms with Crippen molar-refractivity contribution >= 4 is 22.9 Å². The molecular formula is C17H20N2OS. The van der Waals surface area contributed by atoms with Crippen molar-refractivity contribution in [2.75, 3.05) is 18.9 Å². The molecule has 2 heterocycles. The van der Waals surface area contributed by atoms with Gasteiger partial charge < -0.3 is 10.2 Å². The Kier molecular flexibility index (Phi) is 3.72. The van der Waals surface area contributed by atoms with Gasteiger partial charge in [-0.05, 0) is 49.4 Å². The lowest BCUT2D eigenvalue weighted by Crippen LogP contribution is -2.38. The van der Waals surface area contributed by atoms with Crippen LogP contribution in [0.15, 0.2) is 29.6 Å². The molecule has 1 atom stereocenters. The van der Waals surface area contributed by atoms with Crippen LogP contribution in [0.3, 0.4) is 0 Å². The summed E-state index contributed by atoms with van der Waals surface area (Å²) in [7, 11) is 1.86. The maximum Gasteiger partial charge on any atom is 0.256 e. The molecule has 1 amide bonds. The number of thiophene rings is 1. The van der Waals surface area contributed by atoms with E-state index in [2.05, 4.69) is 23.7 Å². The molecule has 0 fully saturated rings. The second-order valence-corrected chi connectivity index (χ2v) is 6.52. The number of carbonyl (C=O) groups is 1. The first-order valence-corrected chi connectivity index (χ1v) is 8.15. The second kappa shape index (κ2) is 5.53. The van der Waals surface area contributed by atoms with Crippen molar-refractivity contribution in [3.63, 3.8) is 0 Å². The normalized spacial score (nSPS) is 17.5. The van der Waals surface area contributed by atoms with Gasteiger partial charge in [0.25, 0.3) is 5.91 Å². The average molecular weight is 300 g/mol.